The van der Waals surface area contributed by atoms with Gasteiger partial charge in [0.1, 0.15) is 0 Å². The van der Waals surface area contributed by atoms with Crippen molar-refractivity contribution in [1.82, 2.24) is 5.16 Å². The van der Waals surface area contributed by atoms with Crippen molar-refractivity contribution in [1.29, 1.82) is 0 Å². The van der Waals surface area contributed by atoms with Gasteiger partial charge in [-0.1, -0.05) is 5.16 Å². The van der Waals surface area contributed by atoms with Crippen LogP contribution in [0.5, 0.6) is 0 Å². The van der Waals surface area contributed by atoms with Gasteiger partial charge in [-0.15, -0.1) is 0 Å². The maximum Gasteiger partial charge on any atom is 0.336 e. The zero-order chi connectivity index (χ0) is 10.3. The van der Waals surface area contributed by atoms with Crippen LogP contribution in [0.3, 0.4) is 0 Å². The van der Waals surface area contributed by atoms with Gasteiger partial charge >= 0.3 is 5.97 Å². The highest BCUT2D eigenvalue weighted by molar-refractivity contribution is 6.03. The number of benzene rings is 1. The van der Waals surface area contributed by atoms with E-state index in [-0.39, 0.29) is 16.5 Å². The van der Waals surface area contributed by atoms with E-state index in [2.05, 4.69) is 9.68 Å². The molecule has 2 aromatic rings. The van der Waals surface area contributed by atoms with Gasteiger partial charge in [-0.2, -0.15) is 0 Å². The Kier molecular flexibility index (Phi) is 1.73. The van der Waals surface area contributed by atoms with Gasteiger partial charge in [0, 0.05) is 0 Å². The Balaban J connectivity index is 2.92. The van der Waals surface area contributed by atoms with E-state index < -0.39 is 11.8 Å². The van der Waals surface area contributed by atoms with Crippen molar-refractivity contribution in [2.75, 3.05) is 0 Å². The fraction of sp³-hybridized carbons (Fsp3) is 0.111. The Bertz CT molecular complexity index is 518. The minimum Gasteiger partial charge on any atom is -0.478 e. The van der Waals surface area contributed by atoms with E-state index in [0.29, 0.717) is 5.69 Å². The lowest BCUT2D eigenvalue weighted by Gasteiger charge is -1.96. The van der Waals surface area contributed by atoms with Crippen LogP contribution in [0.2, 0.25) is 0 Å². The summed E-state index contributed by atoms with van der Waals surface area (Å²) in [4.78, 5) is 10.8. The van der Waals surface area contributed by atoms with E-state index in [1.165, 1.54) is 6.07 Å². The third-order valence-corrected chi connectivity index (χ3v) is 1.98. The Morgan fingerprint density at radius 2 is 2.29 bits per heavy atom. The molecule has 1 N–H and O–H groups in total. The quantitative estimate of drug-likeness (QED) is 0.755. The summed E-state index contributed by atoms with van der Waals surface area (Å²) < 4.78 is 17.8. The molecule has 1 aromatic carbocycles. The number of halogens is 1. The summed E-state index contributed by atoms with van der Waals surface area (Å²) in [6.07, 6.45) is 0. The molecule has 0 aliphatic carbocycles. The van der Waals surface area contributed by atoms with Crippen LogP contribution in [-0.4, -0.2) is 16.2 Å². The van der Waals surface area contributed by atoms with Crippen molar-refractivity contribution in [3.05, 3.63) is 29.2 Å². The summed E-state index contributed by atoms with van der Waals surface area (Å²) in [5.74, 6) is -1.73. The molecule has 0 atom stereocenters. The second kappa shape index (κ2) is 2.80. The Morgan fingerprint density at radius 3 is 2.93 bits per heavy atom. The van der Waals surface area contributed by atoms with Gasteiger partial charge in [0.05, 0.1) is 16.6 Å². The van der Waals surface area contributed by atoms with Crippen LogP contribution in [0.4, 0.5) is 4.39 Å². The fourth-order valence-corrected chi connectivity index (χ4v) is 1.34. The van der Waals surface area contributed by atoms with Crippen LogP contribution >= 0.6 is 0 Å². The van der Waals surface area contributed by atoms with E-state index in [1.54, 1.807) is 6.92 Å². The predicted molar refractivity (Wildman–Crippen MR) is 45.7 cm³/mol. The molecule has 0 unspecified atom stereocenters. The van der Waals surface area contributed by atoms with Crippen molar-refractivity contribution in [2.45, 2.75) is 6.92 Å². The van der Waals surface area contributed by atoms with Gasteiger partial charge in [0.25, 0.3) is 0 Å². The van der Waals surface area contributed by atoms with Crippen LogP contribution in [0.1, 0.15) is 16.1 Å². The normalized spacial score (nSPS) is 10.7. The molecule has 1 aromatic heterocycles. The first-order valence-corrected chi connectivity index (χ1v) is 3.89. The Morgan fingerprint density at radius 1 is 1.57 bits per heavy atom. The lowest BCUT2D eigenvalue weighted by molar-refractivity contribution is 0.0699. The van der Waals surface area contributed by atoms with Gasteiger partial charge < -0.3 is 9.63 Å². The number of aromatic carboxylic acids is 1. The first kappa shape index (κ1) is 8.68. The van der Waals surface area contributed by atoms with E-state index in [4.69, 9.17) is 5.11 Å². The highest BCUT2D eigenvalue weighted by atomic mass is 19.1. The van der Waals surface area contributed by atoms with Gasteiger partial charge in [0.15, 0.2) is 5.82 Å². The average molecular weight is 195 g/mol. The highest BCUT2D eigenvalue weighted by Gasteiger charge is 2.17. The number of aryl methyl sites for hydroxylation is 1. The minimum atomic E-state index is -1.12. The van der Waals surface area contributed by atoms with Gasteiger partial charge in [-0.3, -0.25) is 0 Å². The molecule has 2 rings (SSSR count). The summed E-state index contributed by atoms with van der Waals surface area (Å²) in [6.45, 7) is 1.57. The SMILES string of the molecule is Cc1noc2c(F)ccc(C(=O)O)c12. The number of rotatable bonds is 1. The number of carbonyl (C=O) groups is 1. The third kappa shape index (κ3) is 1.06. The number of nitrogens with zero attached hydrogens (tertiary/aromatic N) is 1. The van der Waals surface area contributed by atoms with Gasteiger partial charge in [-0.05, 0) is 19.1 Å². The lowest BCUT2D eigenvalue weighted by atomic mass is 10.1. The van der Waals surface area contributed by atoms with E-state index in [0.717, 1.165) is 6.07 Å². The number of carboxylic acid groups (broad SMARTS) is 1. The molecule has 0 amide bonds. The zero-order valence-electron chi connectivity index (χ0n) is 7.24. The molecule has 0 aliphatic heterocycles. The van der Waals surface area contributed by atoms with E-state index in [9.17, 15) is 9.18 Å². The number of carboxylic acids is 1. The van der Waals surface area contributed by atoms with E-state index >= 15 is 0 Å². The average Bonchev–Trinajstić information content (AvgIpc) is 2.50. The van der Waals surface area contributed by atoms with Crippen LogP contribution in [0.15, 0.2) is 16.7 Å². The Labute approximate surface area is 77.9 Å². The van der Waals surface area contributed by atoms with Crippen LogP contribution in [0, 0.1) is 12.7 Å². The molecule has 4 nitrogen and oxygen atoms in total. The van der Waals surface area contributed by atoms with Crippen molar-refractivity contribution < 1.29 is 18.8 Å². The summed E-state index contributed by atoms with van der Waals surface area (Å²) >= 11 is 0. The molecule has 0 bridgehead atoms. The molecule has 0 radical (unpaired) electrons. The second-order valence-corrected chi connectivity index (χ2v) is 2.87. The molecular formula is C9H6FNO3. The highest BCUT2D eigenvalue weighted by Crippen LogP contribution is 2.24. The minimum absolute atomic E-state index is 0.000139. The van der Waals surface area contributed by atoms with Crippen molar-refractivity contribution in [3.8, 4) is 0 Å². The summed E-state index contributed by atoms with van der Waals surface area (Å²) in [5.41, 5.74) is 0.263. The molecule has 0 saturated carbocycles. The Hall–Kier alpha value is -1.91. The van der Waals surface area contributed by atoms with Crippen LogP contribution in [-0.2, 0) is 0 Å². The van der Waals surface area contributed by atoms with Gasteiger partial charge in [-0.25, -0.2) is 9.18 Å². The topological polar surface area (TPSA) is 63.3 Å². The molecular weight excluding hydrogens is 189 g/mol. The third-order valence-electron chi connectivity index (χ3n) is 1.98. The predicted octanol–water partition coefficient (Wildman–Crippen LogP) is 1.97. The van der Waals surface area contributed by atoms with Crippen LogP contribution < -0.4 is 0 Å². The summed E-state index contributed by atoms with van der Waals surface area (Å²) in [5, 5.41) is 12.6. The molecule has 0 spiro atoms. The van der Waals surface area contributed by atoms with Gasteiger partial charge in [0.2, 0.25) is 5.58 Å². The first-order chi connectivity index (χ1) is 6.61. The molecule has 0 aliphatic rings. The van der Waals surface area contributed by atoms with Crippen molar-refractivity contribution in [2.24, 2.45) is 0 Å². The number of aromatic nitrogens is 1. The molecule has 1 heterocycles. The van der Waals surface area contributed by atoms with E-state index in [1.807, 2.05) is 0 Å². The maximum atomic E-state index is 13.1. The fourth-order valence-electron chi connectivity index (χ4n) is 1.34. The largest absolute Gasteiger partial charge is 0.478 e. The number of hydrogen-bond acceptors (Lipinski definition) is 3. The summed E-state index contributed by atoms with van der Waals surface area (Å²) in [6, 6.07) is 2.25. The standard InChI is InChI=1S/C9H6FNO3/c1-4-7-5(9(12)13)2-3-6(10)8(7)14-11-4/h2-3H,1H3,(H,12,13). The smallest absolute Gasteiger partial charge is 0.336 e. The zero-order valence-corrected chi connectivity index (χ0v) is 7.24. The first-order valence-electron chi connectivity index (χ1n) is 3.89. The molecule has 72 valence electrons. The lowest BCUT2D eigenvalue weighted by Crippen LogP contribution is -1.97. The maximum absolute atomic E-state index is 13.1. The molecule has 0 fully saturated rings. The number of fused-ring (bicyclic) bond motifs is 1. The number of hydrogen-bond donors (Lipinski definition) is 1. The molecule has 14 heavy (non-hydrogen) atoms. The summed E-state index contributed by atoms with van der Waals surface area (Å²) in [7, 11) is 0. The van der Waals surface area contributed by atoms with Crippen LogP contribution in [0.25, 0.3) is 11.0 Å². The second-order valence-electron chi connectivity index (χ2n) is 2.87. The molecule has 0 saturated heterocycles. The molecule has 5 heteroatoms. The monoisotopic (exact) mass is 195 g/mol. The van der Waals surface area contributed by atoms with Crippen molar-refractivity contribution in [3.63, 3.8) is 0 Å². The van der Waals surface area contributed by atoms with Crippen molar-refractivity contribution >= 4 is 16.9 Å².